The van der Waals surface area contributed by atoms with Crippen LogP contribution in [0.15, 0.2) is 24.3 Å². The molecule has 1 aliphatic rings. The molecule has 1 aromatic heterocycles. The van der Waals surface area contributed by atoms with Crippen molar-refractivity contribution in [3.05, 3.63) is 47.3 Å². The first-order chi connectivity index (χ1) is 13.0. The molecule has 0 saturated carbocycles. The third-order valence-electron chi connectivity index (χ3n) is 4.77. The van der Waals surface area contributed by atoms with Crippen LogP contribution in [0.4, 0.5) is 27.6 Å². The van der Waals surface area contributed by atoms with Gasteiger partial charge in [0.2, 0.25) is 5.91 Å². The fourth-order valence-electron chi connectivity index (χ4n) is 3.36. The lowest BCUT2D eigenvalue weighted by Gasteiger charge is -2.20. The van der Waals surface area contributed by atoms with Crippen molar-refractivity contribution in [2.75, 3.05) is 18.9 Å². The fraction of sp³-hybridized carbons (Fsp3) is 0.412. The van der Waals surface area contributed by atoms with E-state index in [0.29, 0.717) is 4.68 Å². The van der Waals surface area contributed by atoms with Crippen LogP contribution in [0.2, 0.25) is 0 Å². The number of nitrogens with zero attached hydrogens (tertiary/aromatic N) is 3. The van der Waals surface area contributed by atoms with Crippen molar-refractivity contribution >= 4 is 11.6 Å². The molecular weight excluding hydrogens is 387 g/mol. The summed E-state index contributed by atoms with van der Waals surface area (Å²) in [5.74, 6) is -5.41. The van der Waals surface area contributed by atoms with Gasteiger partial charge in [0.1, 0.15) is 11.9 Å². The lowest BCUT2D eigenvalue weighted by molar-refractivity contribution is -0.143. The van der Waals surface area contributed by atoms with Gasteiger partial charge in [-0.15, -0.1) is 0 Å². The molecule has 152 valence electrons. The second-order valence-corrected chi connectivity index (χ2v) is 6.65. The second-order valence-electron chi connectivity index (χ2n) is 6.65. The van der Waals surface area contributed by atoms with Crippen LogP contribution in [0.25, 0.3) is 0 Å². The van der Waals surface area contributed by atoms with Gasteiger partial charge in [-0.05, 0) is 25.2 Å². The zero-order valence-electron chi connectivity index (χ0n) is 14.8. The molecule has 1 fully saturated rings. The molecule has 1 aliphatic heterocycles. The summed E-state index contributed by atoms with van der Waals surface area (Å²) in [4.78, 5) is 14.0. The maximum Gasteiger partial charge on any atom is 0.433 e. The number of carbonyl (C=O) groups is 1. The quantitative estimate of drug-likeness (QED) is 0.771. The van der Waals surface area contributed by atoms with Crippen LogP contribution in [0.1, 0.15) is 17.3 Å². The van der Waals surface area contributed by atoms with E-state index in [-0.39, 0.29) is 12.2 Å². The van der Waals surface area contributed by atoms with E-state index in [9.17, 15) is 31.9 Å². The summed E-state index contributed by atoms with van der Waals surface area (Å²) in [5.41, 5.74) is -1.46. The Kier molecular flexibility index (Phi) is 5.15. The number of carbonyl (C=O) groups excluding carboxylic acids is 1. The summed E-state index contributed by atoms with van der Waals surface area (Å²) in [6.45, 7) is 0.0548. The number of aromatic nitrogens is 2. The minimum Gasteiger partial charge on any atom is -0.378 e. The SMILES string of the molecule is CN1C[C@H](c2cc(C(F)(F)F)n(C)n2)[C@@H](C(=O)Nc2cccc(F)c2F)C1O. The number of likely N-dealkylation sites (tertiary alicyclic amines) is 1. The van der Waals surface area contributed by atoms with Gasteiger partial charge in [-0.1, -0.05) is 6.07 Å². The molecule has 1 saturated heterocycles. The van der Waals surface area contributed by atoms with E-state index in [1.807, 2.05) is 0 Å². The molecule has 2 N–H and O–H groups in total. The standard InChI is InChI=1S/C17H17F5N4O2/c1-25-7-8(11-6-12(17(20,21)22)26(2)24-11)13(16(25)28)15(27)23-10-5-3-4-9(18)14(10)19/h3-6,8,13,16,28H,7H2,1-2H3,(H,23,27)/t8-,13+,16?/m1/s1. The number of hydrogen-bond acceptors (Lipinski definition) is 4. The number of aliphatic hydroxyl groups excluding tert-OH is 1. The molecule has 11 heteroatoms. The van der Waals surface area contributed by atoms with Gasteiger partial charge in [-0.2, -0.15) is 18.3 Å². The van der Waals surface area contributed by atoms with Crippen molar-refractivity contribution in [1.29, 1.82) is 0 Å². The molecule has 1 aromatic carbocycles. The first kappa shape index (κ1) is 20.2. The monoisotopic (exact) mass is 404 g/mol. The van der Waals surface area contributed by atoms with Gasteiger partial charge < -0.3 is 10.4 Å². The zero-order chi connectivity index (χ0) is 20.8. The molecular formula is C17H17F5N4O2. The number of aryl methyl sites for hydroxylation is 1. The van der Waals surface area contributed by atoms with Crippen molar-refractivity contribution in [3.63, 3.8) is 0 Å². The van der Waals surface area contributed by atoms with Crippen LogP contribution in [0.3, 0.4) is 0 Å². The number of nitrogens with one attached hydrogen (secondary N) is 1. The average Bonchev–Trinajstić information content (AvgIpc) is 3.12. The Hall–Kier alpha value is -2.53. The van der Waals surface area contributed by atoms with E-state index in [4.69, 9.17) is 0 Å². The average molecular weight is 404 g/mol. The molecule has 0 aliphatic carbocycles. The van der Waals surface area contributed by atoms with E-state index < -0.39 is 53.2 Å². The third-order valence-corrected chi connectivity index (χ3v) is 4.77. The highest BCUT2D eigenvalue weighted by Crippen LogP contribution is 2.38. The maximum absolute atomic E-state index is 13.8. The van der Waals surface area contributed by atoms with Gasteiger partial charge in [-0.3, -0.25) is 14.4 Å². The summed E-state index contributed by atoms with van der Waals surface area (Å²) in [6, 6.07) is 4.02. The molecule has 3 atom stereocenters. The topological polar surface area (TPSA) is 70.4 Å². The van der Waals surface area contributed by atoms with Crippen LogP contribution in [0.5, 0.6) is 0 Å². The van der Waals surface area contributed by atoms with Gasteiger partial charge in [0, 0.05) is 19.5 Å². The van der Waals surface area contributed by atoms with Crippen LogP contribution in [0, 0.1) is 17.6 Å². The van der Waals surface area contributed by atoms with Gasteiger partial charge >= 0.3 is 6.18 Å². The van der Waals surface area contributed by atoms with Crippen molar-refractivity contribution < 1.29 is 31.9 Å². The number of halogens is 5. The molecule has 0 bridgehead atoms. The van der Waals surface area contributed by atoms with Gasteiger partial charge in [0.25, 0.3) is 0 Å². The Morgan fingerprint density at radius 2 is 1.96 bits per heavy atom. The predicted molar refractivity (Wildman–Crippen MR) is 88.1 cm³/mol. The summed E-state index contributed by atoms with van der Waals surface area (Å²) in [6.07, 6.45) is -5.97. The Morgan fingerprint density at radius 3 is 2.57 bits per heavy atom. The summed E-state index contributed by atoms with van der Waals surface area (Å²) in [7, 11) is 2.61. The Bertz CT molecular complexity index is 898. The summed E-state index contributed by atoms with van der Waals surface area (Å²) >= 11 is 0. The lowest BCUT2D eigenvalue weighted by Crippen LogP contribution is -2.36. The van der Waals surface area contributed by atoms with Crippen LogP contribution in [-0.2, 0) is 18.0 Å². The van der Waals surface area contributed by atoms with Crippen molar-refractivity contribution in [3.8, 4) is 0 Å². The molecule has 1 amide bonds. The Balaban J connectivity index is 1.92. The molecule has 0 spiro atoms. The molecule has 28 heavy (non-hydrogen) atoms. The molecule has 0 radical (unpaired) electrons. The number of hydrogen-bond donors (Lipinski definition) is 2. The maximum atomic E-state index is 13.8. The van der Waals surface area contributed by atoms with E-state index >= 15 is 0 Å². The minimum absolute atomic E-state index is 0.0295. The van der Waals surface area contributed by atoms with Crippen molar-refractivity contribution in [2.45, 2.75) is 18.3 Å². The first-order valence-electron chi connectivity index (χ1n) is 8.25. The smallest absolute Gasteiger partial charge is 0.378 e. The number of benzene rings is 1. The number of alkyl halides is 3. The number of aliphatic hydroxyl groups is 1. The lowest BCUT2D eigenvalue weighted by atomic mass is 9.90. The van der Waals surface area contributed by atoms with E-state index in [2.05, 4.69) is 10.4 Å². The van der Waals surface area contributed by atoms with Crippen LogP contribution in [-0.4, -0.2) is 45.5 Å². The number of rotatable bonds is 3. The molecule has 6 nitrogen and oxygen atoms in total. The van der Waals surface area contributed by atoms with Crippen LogP contribution >= 0.6 is 0 Å². The van der Waals surface area contributed by atoms with E-state index in [0.717, 1.165) is 25.2 Å². The minimum atomic E-state index is -4.63. The predicted octanol–water partition coefficient (Wildman–Crippen LogP) is 2.32. The number of likely N-dealkylation sites (N-methyl/N-ethyl adjacent to an activating group) is 1. The van der Waals surface area contributed by atoms with Gasteiger partial charge in [-0.25, -0.2) is 8.78 Å². The largest absolute Gasteiger partial charge is 0.433 e. The molecule has 1 unspecified atom stereocenters. The van der Waals surface area contributed by atoms with Gasteiger partial charge in [0.05, 0.1) is 17.3 Å². The normalized spacial score (nSPS) is 23.2. The first-order valence-corrected chi connectivity index (χ1v) is 8.25. The van der Waals surface area contributed by atoms with Crippen molar-refractivity contribution in [2.24, 2.45) is 13.0 Å². The summed E-state index contributed by atoms with van der Waals surface area (Å²) < 4.78 is 67.0. The molecule has 3 rings (SSSR count). The van der Waals surface area contributed by atoms with E-state index in [1.54, 1.807) is 0 Å². The molecule has 2 aromatic rings. The van der Waals surface area contributed by atoms with Crippen LogP contribution < -0.4 is 5.32 Å². The Morgan fingerprint density at radius 1 is 1.29 bits per heavy atom. The zero-order valence-corrected chi connectivity index (χ0v) is 14.8. The third kappa shape index (κ3) is 3.59. The summed E-state index contributed by atoms with van der Waals surface area (Å²) in [5, 5.41) is 16.4. The van der Waals surface area contributed by atoms with Gasteiger partial charge in [0.15, 0.2) is 11.6 Å². The van der Waals surface area contributed by atoms with Crippen molar-refractivity contribution in [1.82, 2.24) is 14.7 Å². The molecule has 2 heterocycles. The number of amides is 1. The highest BCUT2D eigenvalue weighted by Gasteiger charge is 2.46. The highest BCUT2D eigenvalue weighted by atomic mass is 19.4. The second kappa shape index (κ2) is 7.13. The fourth-order valence-corrected chi connectivity index (χ4v) is 3.36. The number of anilines is 1. The van der Waals surface area contributed by atoms with E-state index in [1.165, 1.54) is 18.0 Å². The highest BCUT2D eigenvalue weighted by molar-refractivity contribution is 5.94. The Labute approximate surface area is 156 Å².